The maximum atomic E-state index is 13.8. The van der Waals surface area contributed by atoms with Gasteiger partial charge in [-0.3, -0.25) is 4.79 Å². The average Bonchev–Trinajstić information content (AvgIpc) is 2.31. The van der Waals surface area contributed by atoms with Gasteiger partial charge in [-0.05, 0) is 30.3 Å². The van der Waals surface area contributed by atoms with E-state index in [1.807, 2.05) is 0 Å². The van der Waals surface area contributed by atoms with Crippen LogP contribution >= 0.6 is 23.2 Å². The standard InChI is InChI=1S/C13H8Cl2FNO2/c14-7-1-3-9(10(15)5-7)13-11(16)4-2-8(17-13)6-12(18)19/h1-5H,6H2,(H,18,19). The van der Waals surface area contributed by atoms with Crippen LogP contribution in [0, 0.1) is 5.82 Å². The summed E-state index contributed by atoms with van der Waals surface area (Å²) in [4.78, 5) is 14.6. The monoisotopic (exact) mass is 299 g/mol. The molecule has 19 heavy (non-hydrogen) atoms. The Morgan fingerprint density at radius 3 is 2.63 bits per heavy atom. The molecule has 2 aromatic rings. The third-order valence-electron chi connectivity index (χ3n) is 2.42. The van der Waals surface area contributed by atoms with Gasteiger partial charge in [0.25, 0.3) is 0 Å². The van der Waals surface area contributed by atoms with Crippen molar-refractivity contribution in [3.8, 4) is 11.3 Å². The fourth-order valence-corrected chi connectivity index (χ4v) is 2.10. The highest BCUT2D eigenvalue weighted by molar-refractivity contribution is 6.36. The summed E-state index contributed by atoms with van der Waals surface area (Å²) in [5.74, 6) is -1.61. The Labute approximate surface area is 118 Å². The van der Waals surface area contributed by atoms with E-state index in [1.165, 1.54) is 18.2 Å². The lowest BCUT2D eigenvalue weighted by molar-refractivity contribution is -0.136. The summed E-state index contributed by atoms with van der Waals surface area (Å²) in [6, 6.07) is 7.08. The van der Waals surface area contributed by atoms with Gasteiger partial charge in [0.15, 0.2) is 0 Å². The van der Waals surface area contributed by atoms with E-state index in [2.05, 4.69) is 4.98 Å². The first kappa shape index (κ1) is 13.8. The van der Waals surface area contributed by atoms with E-state index in [4.69, 9.17) is 28.3 Å². The van der Waals surface area contributed by atoms with Crippen molar-refractivity contribution in [2.45, 2.75) is 6.42 Å². The van der Waals surface area contributed by atoms with Gasteiger partial charge in [-0.2, -0.15) is 0 Å². The van der Waals surface area contributed by atoms with Gasteiger partial charge in [0.1, 0.15) is 11.5 Å². The zero-order chi connectivity index (χ0) is 14.0. The second kappa shape index (κ2) is 5.55. The van der Waals surface area contributed by atoms with Gasteiger partial charge < -0.3 is 5.11 Å². The first-order chi connectivity index (χ1) is 8.97. The summed E-state index contributed by atoms with van der Waals surface area (Å²) >= 11 is 11.8. The number of carbonyl (C=O) groups is 1. The normalized spacial score (nSPS) is 10.5. The van der Waals surface area contributed by atoms with Gasteiger partial charge in [0.2, 0.25) is 0 Å². The highest BCUT2D eigenvalue weighted by Gasteiger charge is 2.13. The maximum absolute atomic E-state index is 13.8. The number of carboxylic acid groups (broad SMARTS) is 1. The minimum Gasteiger partial charge on any atom is -0.481 e. The van der Waals surface area contributed by atoms with Crippen molar-refractivity contribution in [1.29, 1.82) is 0 Å². The van der Waals surface area contributed by atoms with Crippen molar-refractivity contribution in [2.24, 2.45) is 0 Å². The molecule has 0 amide bonds. The Balaban J connectivity index is 2.51. The number of halogens is 3. The summed E-state index contributed by atoms with van der Waals surface area (Å²) in [6.45, 7) is 0. The van der Waals surface area contributed by atoms with E-state index in [9.17, 15) is 9.18 Å². The molecule has 6 heteroatoms. The van der Waals surface area contributed by atoms with Crippen molar-refractivity contribution < 1.29 is 14.3 Å². The molecule has 1 aromatic heterocycles. The molecule has 0 saturated heterocycles. The number of hydrogen-bond donors (Lipinski definition) is 1. The molecule has 0 saturated carbocycles. The van der Waals surface area contributed by atoms with Crippen molar-refractivity contribution in [3.63, 3.8) is 0 Å². The zero-order valence-electron chi connectivity index (χ0n) is 9.53. The second-order valence-corrected chi connectivity index (χ2v) is 4.67. The Morgan fingerprint density at radius 2 is 2.00 bits per heavy atom. The van der Waals surface area contributed by atoms with Gasteiger partial charge in [-0.1, -0.05) is 23.2 Å². The fraction of sp³-hybridized carbons (Fsp3) is 0.0769. The molecule has 3 nitrogen and oxygen atoms in total. The molecule has 0 aliphatic carbocycles. The van der Waals surface area contributed by atoms with E-state index in [-0.39, 0.29) is 22.8 Å². The number of nitrogens with zero attached hydrogens (tertiary/aromatic N) is 1. The Hall–Kier alpha value is -1.65. The van der Waals surface area contributed by atoms with Gasteiger partial charge >= 0.3 is 5.97 Å². The van der Waals surface area contributed by atoms with Crippen LogP contribution in [-0.4, -0.2) is 16.1 Å². The minimum atomic E-state index is -1.03. The molecule has 0 bridgehead atoms. The van der Waals surface area contributed by atoms with Crippen LogP contribution in [0.5, 0.6) is 0 Å². The average molecular weight is 300 g/mol. The first-order valence-corrected chi connectivity index (χ1v) is 6.05. The fourth-order valence-electron chi connectivity index (χ4n) is 1.61. The zero-order valence-corrected chi connectivity index (χ0v) is 11.0. The molecule has 0 fully saturated rings. The van der Waals surface area contributed by atoms with Crippen molar-refractivity contribution in [1.82, 2.24) is 4.98 Å². The van der Waals surface area contributed by atoms with Crippen LogP contribution in [0.3, 0.4) is 0 Å². The lowest BCUT2D eigenvalue weighted by Gasteiger charge is -2.07. The molecule has 0 aliphatic heterocycles. The smallest absolute Gasteiger partial charge is 0.309 e. The van der Waals surface area contributed by atoms with Crippen molar-refractivity contribution in [3.05, 3.63) is 51.9 Å². The number of pyridine rings is 1. The van der Waals surface area contributed by atoms with Gasteiger partial charge in [-0.25, -0.2) is 9.37 Å². The van der Waals surface area contributed by atoms with Crippen molar-refractivity contribution >= 4 is 29.2 Å². The maximum Gasteiger partial charge on any atom is 0.309 e. The van der Waals surface area contributed by atoms with E-state index < -0.39 is 11.8 Å². The van der Waals surface area contributed by atoms with Crippen molar-refractivity contribution in [2.75, 3.05) is 0 Å². The Morgan fingerprint density at radius 1 is 1.26 bits per heavy atom. The Bertz CT molecular complexity index is 647. The van der Waals surface area contributed by atoms with E-state index in [0.717, 1.165) is 0 Å². The van der Waals surface area contributed by atoms with Crippen LogP contribution in [0.25, 0.3) is 11.3 Å². The summed E-state index contributed by atoms with van der Waals surface area (Å²) in [5.41, 5.74) is 0.645. The Kier molecular flexibility index (Phi) is 4.02. The van der Waals surface area contributed by atoms with Crippen LogP contribution in [0.4, 0.5) is 4.39 Å². The van der Waals surface area contributed by atoms with E-state index in [1.54, 1.807) is 12.1 Å². The number of rotatable bonds is 3. The predicted molar refractivity (Wildman–Crippen MR) is 71.0 cm³/mol. The number of aliphatic carboxylic acids is 1. The van der Waals surface area contributed by atoms with E-state index in [0.29, 0.717) is 10.6 Å². The van der Waals surface area contributed by atoms with Gasteiger partial charge in [0, 0.05) is 10.6 Å². The molecular formula is C13H8Cl2FNO2. The lowest BCUT2D eigenvalue weighted by Crippen LogP contribution is -2.04. The second-order valence-electron chi connectivity index (χ2n) is 3.83. The third-order valence-corrected chi connectivity index (χ3v) is 2.97. The summed E-state index contributed by atoms with van der Waals surface area (Å²) in [7, 11) is 0. The number of benzene rings is 1. The molecule has 1 N–H and O–H groups in total. The highest BCUT2D eigenvalue weighted by Crippen LogP contribution is 2.30. The molecule has 0 aliphatic rings. The third kappa shape index (κ3) is 3.22. The number of carboxylic acids is 1. The molecule has 0 spiro atoms. The summed E-state index contributed by atoms with van der Waals surface area (Å²) < 4.78 is 13.8. The summed E-state index contributed by atoms with van der Waals surface area (Å²) in [6.07, 6.45) is -0.279. The van der Waals surface area contributed by atoms with Crippen LogP contribution in [0.2, 0.25) is 10.0 Å². The molecule has 0 unspecified atom stereocenters. The molecule has 1 heterocycles. The highest BCUT2D eigenvalue weighted by atomic mass is 35.5. The molecule has 0 radical (unpaired) electrons. The van der Waals surface area contributed by atoms with Gasteiger partial charge in [0.05, 0.1) is 17.1 Å². The topological polar surface area (TPSA) is 50.2 Å². The number of hydrogen-bond acceptors (Lipinski definition) is 2. The quantitative estimate of drug-likeness (QED) is 0.937. The van der Waals surface area contributed by atoms with Crippen LogP contribution in [-0.2, 0) is 11.2 Å². The predicted octanol–water partition coefficient (Wildman–Crippen LogP) is 3.82. The molecule has 1 aromatic carbocycles. The lowest BCUT2D eigenvalue weighted by atomic mass is 10.1. The first-order valence-electron chi connectivity index (χ1n) is 5.30. The minimum absolute atomic E-state index is 0.0143. The number of aromatic nitrogens is 1. The van der Waals surface area contributed by atoms with Crippen LogP contribution in [0.1, 0.15) is 5.69 Å². The molecule has 0 atom stereocenters. The largest absolute Gasteiger partial charge is 0.481 e. The van der Waals surface area contributed by atoms with E-state index >= 15 is 0 Å². The van der Waals surface area contributed by atoms with Crippen LogP contribution < -0.4 is 0 Å². The van der Waals surface area contributed by atoms with Gasteiger partial charge in [-0.15, -0.1) is 0 Å². The van der Waals surface area contributed by atoms with Crippen LogP contribution in [0.15, 0.2) is 30.3 Å². The molecule has 2 rings (SSSR count). The SMILES string of the molecule is O=C(O)Cc1ccc(F)c(-c2ccc(Cl)cc2Cl)n1. The molecular weight excluding hydrogens is 292 g/mol. The molecule has 98 valence electrons. The summed E-state index contributed by atoms with van der Waals surface area (Å²) in [5, 5.41) is 9.39.